The van der Waals surface area contributed by atoms with E-state index in [1.54, 1.807) is 25.1 Å². The second-order valence-electron chi connectivity index (χ2n) is 7.36. The molecule has 0 heterocycles. The Balaban J connectivity index is 1.78. The molecule has 0 radical (unpaired) electrons. The Hall–Kier alpha value is -2.32. The lowest BCUT2D eigenvalue weighted by Crippen LogP contribution is -2.45. The monoisotopic (exact) mass is 470 g/mol. The lowest BCUT2D eigenvalue weighted by molar-refractivity contribution is -0.137. The molecule has 2 aromatic carbocycles. The van der Waals surface area contributed by atoms with Gasteiger partial charge < -0.3 is 15.4 Å². The van der Waals surface area contributed by atoms with Crippen LogP contribution in [0.4, 0.5) is 18.9 Å². The van der Waals surface area contributed by atoms with Gasteiger partial charge in [0, 0.05) is 5.69 Å². The first-order valence-corrected chi connectivity index (χ1v) is 10.7. The summed E-state index contributed by atoms with van der Waals surface area (Å²) in [5.41, 5.74) is -0.0186. The normalized spacial score (nSPS) is 15.4. The molecule has 0 bridgehead atoms. The molecular weight excluding hydrogens is 449 g/mol. The van der Waals surface area contributed by atoms with E-state index in [2.05, 4.69) is 10.6 Å². The van der Waals surface area contributed by atoms with E-state index in [-0.39, 0.29) is 22.3 Å². The minimum atomic E-state index is -4.41. The van der Waals surface area contributed by atoms with Gasteiger partial charge in [0.25, 0.3) is 0 Å². The van der Waals surface area contributed by atoms with E-state index in [1.807, 2.05) is 0 Å². The number of anilines is 1. The lowest BCUT2D eigenvalue weighted by atomic mass is 9.87. The quantitative estimate of drug-likeness (QED) is 0.397. The predicted octanol–water partition coefficient (Wildman–Crippen LogP) is 6.29. The Morgan fingerprint density at radius 3 is 2.52 bits per heavy atom. The van der Waals surface area contributed by atoms with E-state index in [9.17, 15) is 18.0 Å². The molecule has 1 saturated carbocycles. The highest BCUT2D eigenvalue weighted by Crippen LogP contribution is 2.41. The van der Waals surface area contributed by atoms with Crippen LogP contribution in [0.5, 0.6) is 0 Å². The molecule has 1 fully saturated rings. The van der Waals surface area contributed by atoms with Crippen molar-refractivity contribution in [3.63, 3.8) is 0 Å². The van der Waals surface area contributed by atoms with E-state index < -0.39 is 23.2 Å². The predicted molar refractivity (Wildman–Crippen MR) is 118 cm³/mol. The molecule has 0 aromatic heterocycles. The van der Waals surface area contributed by atoms with Crippen molar-refractivity contribution in [3.05, 3.63) is 64.2 Å². The summed E-state index contributed by atoms with van der Waals surface area (Å²) < 4.78 is 44.6. The van der Waals surface area contributed by atoms with Gasteiger partial charge in [-0.15, -0.1) is 0 Å². The fourth-order valence-electron chi connectivity index (χ4n) is 3.80. The summed E-state index contributed by atoms with van der Waals surface area (Å²) in [6.07, 6.45) is -1.32. The Morgan fingerprint density at radius 1 is 1.19 bits per heavy atom. The molecule has 0 aliphatic heterocycles. The van der Waals surface area contributed by atoms with Crippen LogP contribution in [-0.2, 0) is 16.5 Å². The number of esters is 1. The van der Waals surface area contributed by atoms with Crippen molar-refractivity contribution >= 4 is 40.6 Å². The van der Waals surface area contributed by atoms with Crippen LogP contribution in [0.1, 0.15) is 54.1 Å². The van der Waals surface area contributed by atoms with E-state index in [4.69, 9.17) is 28.6 Å². The number of thiocarbonyl (C=S) groups is 1. The Labute approximate surface area is 189 Å². The van der Waals surface area contributed by atoms with Crippen LogP contribution >= 0.6 is 23.8 Å². The van der Waals surface area contributed by atoms with E-state index in [1.165, 1.54) is 18.2 Å². The van der Waals surface area contributed by atoms with Crippen LogP contribution < -0.4 is 10.6 Å². The van der Waals surface area contributed by atoms with Gasteiger partial charge in [-0.1, -0.05) is 36.6 Å². The Bertz CT molecular complexity index is 975. The lowest BCUT2D eigenvalue weighted by Gasteiger charge is -2.33. The zero-order valence-corrected chi connectivity index (χ0v) is 18.4. The third kappa shape index (κ3) is 5.49. The molecule has 0 atom stereocenters. The molecule has 1 aliphatic carbocycles. The van der Waals surface area contributed by atoms with Crippen molar-refractivity contribution in [2.75, 3.05) is 11.9 Å². The summed E-state index contributed by atoms with van der Waals surface area (Å²) >= 11 is 11.6. The average Bonchev–Trinajstić information content (AvgIpc) is 3.17. The van der Waals surface area contributed by atoms with Crippen molar-refractivity contribution in [2.45, 2.75) is 44.3 Å². The van der Waals surface area contributed by atoms with Crippen LogP contribution in [0, 0.1) is 0 Å². The van der Waals surface area contributed by atoms with Crippen molar-refractivity contribution in [1.82, 2.24) is 5.32 Å². The third-order valence-corrected chi connectivity index (χ3v) is 5.79. The van der Waals surface area contributed by atoms with Gasteiger partial charge in [-0.2, -0.15) is 13.2 Å². The second-order valence-corrected chi connectivity index (χ2v) is 8.18. The SMILES string of the molecule is CCOC(=O)c1ccc(NC(=S)NC2(c3cccc(C(F)(F)F)c3)CCCC2)cc1Cl. The molecule has 9 heteroatoms. The minimum absolute atomic E-state index is 0.208. The van der Waals surface area contributed by atoms with E-state index >= 15 is 0 Å². The topological polar surface area (TPSA) is 50.4 Å². The third-order valence-electron chi connectivity index (χ3n) is 5.27. The van der Waals surface area contributed by atoms with E-state index in [0.717, 1.165) is 18.9 Å². The van der Waals surface area contributed by atoms with Crippen molar-refractivity contribution in [1.29, 1.82) is 0 Å². The number of benzene rings is 2. The molecule has 2 aromatic rings. The maximum atomic E-state index is 13.2. The fraction of sp³-hybridized carbons (Fsp3) is 0.364. The zero-order valence-electron chi connectivity index (χ0n) is 16.8. The van der Waals surface area contributed by atoms with Gasteiger partial charge >= 0.3 is 12.1 Å². The number of ether oxygens (including phenoxy) is 1. The molecule has 0 amide bonds. The summed E-state index contributed by atoms with van der Waals surface area (Å²) in [6, 6.07) is 10.1. The molecule has 2 N–H and O–H groups in total. The van der Waals surface area contributed by atoms with Gasteiger partial charge in [-0.05, 0) is 67.9 Å². The van der Waals surface area contributed by atoms with E-state index in [0.29, 0.717) is 24.1 Å². The highest BCUT2D eigenvalue weighted by Gasteiger charge is 2.38. The summed E-state index contributed by atoms with van der Waals surface area (Å²) in [5, 5.41) is 6.71. The van der Waals surface area contributed by atoms with Crippen LogP contribution in [0.15, 0.2) is 42.5 Å². The smallest absolute Gasteiger partial charge is 0.416 e. The molecule has 0 spiro atoms. The highest BCUT2D eigenvalue weighted by atomic mass is 35.5. The number of nitrogens with one attached hydrogen (secondary N) is 2. The molecule has 0 saturated heterocycles. The van der Waals surface area contributed by atoms with Gasteiger partial charge in [0.15, 0.2) is 5.11 Å². The number of carbonyl (C=O) groups excluding carboxylic acids is 1. The minimum Gasteiger partial charge on any atom is -0.462 e. The maximum absolute atomic E-state index is 13.2. The summed E-state index contributed by atoms with van der Waals surface area (Å²) in [4.78, 5) is 11.9. The molecule has 166 valence electrons. The molecule has 0 unspecified atom stereocenters. The summed E-state index contributed by atoms with van der Waals surface area (Å²) in [5.74, 6) is -0.519. The number of hydrogen-bond donors (Lipinski definition) is 2. The number of carbonyl (C=O) groups is 1. The maximum Gasteiger partial charge on any atom is 0.416 e. The van der Waals surface area contributed by atoms with Crippen LogP contribution in [0.25, 0.3) is 0 Å². The largest absolute Gasteiger partial charge is 0.462 e. The first-order valence-electron chi connectivity index (χ1n) is 9.88. The van der Waals surface area contributed by atoms with Crippen molar-refractivity contribution in [2.24, 2.45) is 0 Å². The number of hydrogen-bond acceptors (Lipinski definition) is 3. The van der Waals surface area contributed by atoms with Gasteiger partial charge in [0.2, 0.25) is 0 Å². The van der Waals surface area contributed by atoms with Gasteiger partial charge in [-0.25, -0.2) is 4.79 Å². The first-order chi connectivity index (χ1) is 14.6. The first kappa shape index (κ1) is 23.3. The molecule has 3 rings (SSSR count). The number of rotatable bonds is 5. The Morgan fingerprint density at radius 2 is 1.90 bits per heavy atom. The Kier molecular flexibility index (Phi) is 7.11. The van der Waals surface area contributed by atoms with Crippen LogP contribution in [-0.4, -0.2) is 17.7 Å². The molecular formula is C22H22ClF3N2O2S. The van der Waals surface area contributed by atoms with Crippen LogP contribution in [0.3, 0.4) is 0 Å². The summed E-state index contributed by atoms with van der Waals surface area (Å²) in [6.45, 7) is 1.94. The highest BCUT2D eigenvalue weighted by molar-refractivity contribution is 7.80. The molecule has 4 nitrogen and oxygen atoms in total. The van der Waals surface area contributed by atoms with Gasteiger partial charge in [-0.3, -0.25) is 0 Å². The van der Waals surface area contributed by atoms with Crippen molar-refractivity contribution in [3.8, 4) is 0 Å². The standard InChI is InChI=1S/C22H22ClF3N2O2S/c1-2-30-19(29)17-9-8-16(13-18(17)23)27-20(31)28-21(10-3-4-11-21)14-6-5-7-15(12-14)22(24,25)26/h5-9,12-13H,2-4,10-11H2,1H3,(H2,27,28,31). The van der Waals surface area contributed by atoms with Crippen molar-refractivity contribution < 1.29 is 22.7 Å². The fourth-order valence-corrected chi connectivity index (χ4v) is 4.38. The zero-order chi connectivity index (χ0) is 22.6. The van der Waals surface area contributed by atoms with Gasteiger partial charge in [0.05, 0.1) is 28.3 Å². The summed E-state index contributed by atoms with van der Waals surface area (Å²) in [7, 11) is 0. The van der Waals surface area contributed by atoms with Crippen LogP contribution in [0.2, 0.25) is 5.02 Å². The molecule has 31 heavy (non-hydrogen) atoms. The molecule has 1 aliphatic rings. The second kappa shape index (κ2) is 9.44. The average molecular weight is 471 g/mol. The number of halogens is 4. The number of alkyl halides is 3. The van der Waals surface area contributed by atoms with Gasteiger partial charge in [0.1, 0.15) is 0 Å².